The Balaban J connectivity index is 1.46. The molecular weight excluding hydrogens is 290 g/mol. The molecule has 1 aliphatic carbocycles. The van der Waals surface area contributed by atoms with E-state index in [4.69, 9.17) is 4.74 Å². The quantitative estimate of drug-likeness (QED) is 0.416. The third kappa shape index (κ3) is 7.50. The summed E-state index contributed by atoms with van der Waals surface area (Å²) in [6.45, 7) is 3.61. The lowest BCUT2D eigenvalue weighted by Crippen LogP contribution is -2.38. The molecule has 23 heavy (non-hydrogen) atoms. The van der Waals surface area contributed by atoms with Gasteiger partial charge in [0.2, 0.25) is 0 Å². The molecule has 0 atom stereocenters. The van der Waals surface area contributed by atoms with Gasteiger partial charge in [0.15, 0.2) is 5.96 Å². The highest BCUT2D eigenvalue weighted by Gasteiger charge is 2.12. The highest BCUT2D eigenvalue weighted by Crippen LogP contribution is 2.20. The SMILES string of the molecule is CN=C(NCCCOC1CCCCC1)NCCCn1ccnc1. The van der Waals surface area contributed by atoms with Gasteiger partial charge < -0.3 is 19.9 Å². The Bertz CT molecular complexity index is 426. The maximum Gasteiger partial charge on any atom is 0.190 e. The van der Waals surface area contributed by atoms with Crippen LogP contribution in [0.15, 0.2) is 23.7 Å². The van der Waals surface area contributed by atoms with Crippen molar-refractivity contribution >= 4 is 5.96 Å². The summed E-state index contributed by atoms with van der Waals surface area (Å²) in [5, 5.41) is 6.68. The first kappa shape index (κ1) is 17.8. The summed E-state index contributed by atoms with van der Waals surface area (Å²) >= 11 is 0. The predicted octanol–water partition coefficient (Wildman–Crippen LogP) is 2.18. The number of imidazole rings is 1. The monoisotopic (exact) mass is 321 g/mol. The van der Waals surface area contributed by atoms with Gasteiger partial charge in [0.05, 0.1) is 12.4 Å². The van der Waals surface area contributed by atoms with Crippen LogP contribution in [0.1, 0.15) is 44.9 Å². The van der Waals surface area contributed by atoms with Gasteiger partial charge in [-0.1, -0.05) is 19.3 Å². The number of ether oxygens (including phenoxy) is 1. The summed E-state index contributed by atoms with van der Waals surface area (Å²) in [7, 11) is 1.81. The second kappa shape index (κ2) is 11.0. The molecule has 6 nitrogen and oxygen atoms in total. The Kier molecular flexibility index (Phi) is 8.55. The fourth-order valence-electron chi connectivity index (χ4n) is 2.87. The van der Waals surface area contributed by atoms with Gasteiger partial charge in [0, 0.05) is 45.7 Å². The van der Waals surface area contributed by atoms with Gasteiger partial charge in [-0.3, -0.25) is 4.99 Å². The van der Waals surface area contributed by atoms with E-state index in [1.54, 1.807) is 0 Å². The van der Waals surface area contributed by atoms with Gasteiger partial charge in [-0.15, -0.1) is 0 Å². The lowest BCUT2D eigenvalue weighted by Gasteiger charge is -2.22. The van der Waals surface area contributed by atoms with Gasteiger partial charge in [0.25, 0.3) is 0 Å². The van der Waals surface area contributed by atoms with E-state index in [9.17, 15) is 0 Å². The fourth-order valence-corrected chi connectivity index (χ4v) is 2.87. The maximum atomic E-state index is 5.93. The van der Waals surface area contributed by atoms with Crippen molar-refractivity contribution in [2.75, 3.05) is 26.7 Å². The number of nitrogens with zero attached hydrogens (tertiary/aromatic N) is 3. The number of aromatic nitrogens is 2. The maximum absolute atomic E-state index is 5.93. The molecule has 0 radical (unpaired) electrons. The molecule has 0 aliphatic heterocycles. The van der Waals surface area contributed by atoms with Gasteiger partial charge in [-0.25, -0.2) is 4.98 Å². The molecule has 0 bridgehead atoms. The van der Waals surface area contributed by atoms with E-state index < -0.39 is 0 Å². The molecule has 1 heterocycles. The molecule has 1 aliphatic rings. The Morgan fingerprint density at radius 2 is 2.00 bits per heavy atom. The predicted molar refractivity (Wildman–Crippen MR) is 93.7 cm³/mol. The normalized spacial score (nSPS) is 16.5. The third-order valence-corrected chi connectivity index (χ3v) is 4.19. The first-order chi connectivity index (χ1) is 11.4. The highest BCUT2D eigenvalue weighted by atomic mass is 16.5. The van der Waals surface area contributed by atoms with E-state index in [2.05, 4.69) is 25.2 Å². The molecule has 2 N–H and O–H groups in total. The molecule has 130 valence electrons. The molecular formula is C17H31N5O. The third-order valence-electron chi connectivity index (χ3n) is 4.19. The number of guanidine groups is 1. The Hall–Kier alpha value is -1.56. The molecule has 0 aromatic carbocycles. The van der Waals surface area contributed by atoms with E-state index in [0.717, 1.165) is 45.0 Å². The summed E-state index contributed by atoms with van der Waals surface area (Å²) in [6, 6.07) is 0. The second-order valence-corrected chi connectivity index (χ2v) is 6.06. The van der Waals surface area contributed by atoms with Crippen LogP contribution in [0.5, 0.6) is 0 Å². The molecule has 0 unspecified atom stereocenters. The van der Waals surface area contributed by atoms with E-state index in [1.165, 1.54) is 32.1 Å². The van der Waals surface area contributed by atoms with E-state index in [-0.39, 0.29) is 0 Å². The Morgan fingerprint density at radius 3 is 2.70 bits per heavy atom. The molecule has 2 rings (SSSR count). The molecule has 0 amide bonds. The van der Waals surface area contributed by atoms with Crippen molar-refractivity contribution in [2.24, 2.45) is 4.99 Å². The summed E-state index contributed by atoms with van der Waals surface area (Å²) in [4.78, 5) is 8.28. The summed E-state index contributed by atoms with van der Waals surface area (Å²) < 4.78 is 8.01. The Morgan fingerprint density at radius 1 is 1.22 bits per heavy atom. The fraction of sp³-hybridized carbons (Fsp3) is 0.765. The van der Waals surface area contributed by atoms with Gasteiger partial charge in [0.1, 0.15) is 0 Å². The van der Waals surface area contributed by atoms with Crippen molar-refractivity contribution in [3.05, 3.63) is 18.7 Å². The minimum absolute atomic E-state index is 0.504. The topological polar surface area (TPSA) is 63.5 Å². The molecule has 6 heteroatoms. The van der Waals surface area contributed by atoms with Gasteiger partial charge >= 0.3 is 0 Å². The van der Waals surface area contributed by atoms with Crippen LogP contribution in [0.3, 0.4) is 0 Å². The van der Waals surface area contributed by atoms with Crippen LogP contribution in [0.2, 0.25) is 0 Å². The van der Waals surface area contributed by atoms with Crippen LogP contribution in [0.4, 0.5) is 0 Å². The standard InChI is InChI=1S/C17H31N5O/c1-18-17(20-9-5-12-22-13-11-19-15-22)21-10-6-14-23-16-7-3-2-4-8-16/h11,13,15-16H,2-10,12,14H2,1H3,(H2,18,20,21). The number of nitrogens with one attached hydrogen (secondary N) is 2. The second-order valence-electron chi connectivity index (χ2n) is 6.06. The summed E-state index contributed by atoms with van der Waals surface area (Å²) in [5.74, 6) is 0.869. The van der Waals surface area contributed by atoms with Crippen molar-refractivity contribution in [1.29, 1.82) is 0 Å². The van der Waals surface area contributed by atoms with Crippen molar-refractivity contribution in [1.82, 2.24) is 20.2 Å². The first-order valence-electron chi connectivity index (χ1n) is 8.90. The first-order valence-corrected chi connectivity index (χ1v) is 8.90. The molecule has 0 saturated heterocycles. The molecule has 1 saturated carbocycles. The van der Waals surface area contributed by atoms with Crippen LogP contribution < -0.4 is 10.6 Å². The highest BCUT2D eigenvalue weighted by molar-refractivity contribution is 5.79. The van der Waals surface area contributed by atoms with E-state index in [0.29, 0.717) is 6.10 Å². The minimum atomic E-state index is 0.504. The van der Waals surface area contributed by atoms with Crippen molar-refractivity contribution < 1.29 is 4.74 Å². The minimum Gasteiger partial charge on any atom is -0.378 e. The zero-order valence-corrected chi connectivity index (χ0v) is 14.3. The summed E-state index contributed by atoms with van der Waals surface area (Å²) in [5.41, 5.74) is 0. The largest absolute Gasteiger partial charge is 0.378 e. The average Bonchev–Trinajstić information content (AvgIpc) is 3.11. The molecule has 1 aromatic heterocycles. The molecule has 1 fully saturated rings. The number of hydrogen-bond donors (Lipinski definition) is 2. The van der Waals surface area contributed by atoms with Crippen LogP contribution in [-0.4, -0.2) is 48.4 Å². The van der Waals surface area contributed by atoms with Crippen molar-refractivity contribution in [3.63, 3.8) is 0 Å². The van der Waals surface area contributed by atoms with E-state index >= 15 is 0 Å². The van der Waals surface area contributed by atoms with Crippen molar-refractivity contribution in [2.45, 2.75) is 57.6 Å². The zero-order valence-electron chi connectivity index (χ0n) is 14.3. The van der Waals surface area contributed by atoms with E-state index in [1.807, 2.05) is 25.8 Å². The number of aliphatic imine (C=N–C) groups is 1. The van der Waals surface area contributed by atoms with Crippen LogP contribution in [0, 0.1) is 0 Å². The van der Waals surface area contributed by atoms with Gasteiger partial charge in [-0.05, 0) is 25.7 Å². The Labute approximate surface area is 139 Å². The summed E-state index contributed by atoms with van der Waals surface area (Å²) in [6.07, 6.45) is 14.7. The smallest absolute Gasteiger partial charge is 0.190 e. The zero-order chi connectivity index (χ0) is 16.2. The number of rotatable bonds is 9. The lowest BCUT2D eigenvalue weighted by molar-refractivity contribution is 0.0277. The molecule has 1 aromatic rings. The molecule has 0 spiro atoms. The number of aryl methyl sites for hydroxylation is 1. The van der Waals surface area contributed by atoms with Crippen LogP contribution >= 0.6 is 0 Å². The number of hydrogen-bond acceptors (Lipinski definition) is 3. The van der Waals surface area contributed by atoms with Crippen molar-refractivity contribution in [3.8, 4) is 0 Å². The van der Waals surface area contributed by atoms with Gasteiger partial charge in [-0.2, -0.15) is 0 Å². The lowest BCUT2D eigenvalue weighted by atomic mass is 9.98. The average molecular weight is 321 g/mol. The van der Waals surface area contributed by atoms with Crippen LogP contribution in [0.25, 0.3) is 0 Å². The van der Waals surface area contributed by atoms with Crippen LogP contribution in [-0.2, 0) is 11.3 Å².